The molecule has 0 aromatic heterocycles. The van der Waals surface area contributed by atoms with Gasteiger partial charge in [0.25, 0.3) is 5.56 Å². The summed E-state index contributed by atoms with van der Waals surface area (Å²) < 4.78 is 7.50. The van der Waals surface area contributed by atoms with E-state index in [2.05, 4.69) is 16.0 Å². The molecule has 2 heterocycles. The molecule has 0 bridgehead atoms. The van der Waals surface area contributed by atoms with Gasteiger partial charge in [-0.15, -0.1) is 0 Å². The minimum absolute atomic E-state index is 0.175. The van der Waals surface area contributed by atoms with Crippen LogP contribution in [0.3, 0.4) is 0 Å². The first-order valence-corrected chi connectivity index (χ1v) is 10.6. The first-order valence-electron chi connectivity index (χ1n) is 10.6. The fraction of sp³-hybridized carbons (Fsp3) is 0.0400. The van der Waals surface area contributed by atoms with Crippen LogP contribution >= 0.6 is 0 Å². The number of nitrogens with one attached hydrogen (secondary N) is 1. The molecule has 10 heteroatoms. The van der Waals surface area contributed by atoms with Gasteiger partial charge in [-0.3, -0.25) is 14.3 Å². The second-order valence-electron chi connectivity index (χ2n) is 7.87. The van der Waals surface area contributed by atoms with Crippen LogP contribution in [0.25, 0.3) is 28.0 Å². The topological polar surface area (TPSA) is 141 Å². The third-order valence-electron chi connectivity index (χ3n) is 5.58. The molecule has 0 saturated carbocycles. The minimum atomic E-state index is -1.56. The molecule has 9 nitrogen and oxygen atoms in total. The van der Waals surface area contributed by atoms with Gasteiger partial charge in [-0.25, -0.2) is 4.79 Å². The molecule has 35 heavy (non-hydrogen) atoms. The molecule has 3 N–H and O–H groups in total. The van der Waals surface area contributed by atoms with Gasteiger partial charge in [0, 0.05) is 5.69 Å². The largest absolute Gasteiger partial charge is 0.489 e. The summed E-state index contributed by atoms with van der Waals surface area (Å²) in [6.07, 6.45) is 0. The highest BCUT2D eigenvalue weighted by Crippen LogP contribution is 2.29. The average Bonchev–Trinajstić information content (AvgIpc) is 2.86. The van der Waals surface area contributed by atoms with Crippen LogP contribution < -0.4 is 21.4 Å². The van der Waals surface area contributed by atoms with Crippen molar-refractivity contribution >= 4 is 23.5 Å². The molecule has 0 radical (unpaired) electrons. The van der Waals surface area contributed by atoms with Gasteiger partial charge >= 0.3 is 12.8 Å². The number of ether oxygens (including phenoxy) is 1. The molecule has 5 rings (SSSR count). The van der Waals surface area contributed by atoms with E-state index in [9.17, 15) is 24.9 Å². The molecule has 0 saturated heterocycles. The molecule has 0 amide bonds. The second kappa shape index (κ2) is 8.91. The fourth-order valence-electron chi connectivity index (χ4n) is 3.91. The third kappa shape index (κ3) is 4.29. The summed E-state index contributed by atoms with van der Waals surface area (Å²) in [5, 5.41) is 28.8. The summed E-state index contributed by atoms with van der Waals surface area (Å²) in [7, 11) is -1.56. The number of rotatable bonds is 5. The van der Waals surface area contributed by atoms with Crippen LogP contribution in [0.1, 0.15) is 11.1 Å². The van der Waals surface area contributed by atoms with Gasteiger partial charge in [0.05, 0.1) is 22.7 Å². The lowest BCUT2D eigenvalue weighted by Crippen LogP contribution is -2.29. The zero-order valence-corrected chi connectivity index (χ0v) is 18.2. The fourth-order valence-corrected chi connectivity index (χ4v) is 3.91. The lowest BCUT2D eigenvalue weighted by molar-refractivity contribution is 0.306. The first kappa shape index (κ1) is 22.1. The maximum atomic E-state index is 12.5. The quantitative estimate of drug-likeness (QED) is 0.263. The van der Waals surface area contributed by atoms with Gasteiger partial charge in [-0.1, -0.05) is 30.3 Å². The van der Waals surface area contributed by atoms with E-state index < -0.39 is 18.4 Å². The molecule has 0 atom stereocenters. The van der Waals surface area contributed by atoms with Crippen LogP contribution in [-0.4, -0.2) is 31.7 Å². The lowest BCUT2D eigenvalue weighted by atomic mass is 9.80. The van der Waals surface area contributed by atoms with Crippen LogP contribution in [-0.2, 0) is 6.61 Å². The van der Waals surface area contributed by atoms with Crippen LogP contribution in [0.2, 0.25) is 0 Å². The van der Waals surface area contributed by atoms with E-state index in [1.54, 1.807) is 71.3 Å². The number of H-pyrrole nitrogens is 1. The number of nitrogens with zero attached hydrogens (tertiary/aromatic N) is 3. The van der Waals surface area contributed by atoms with E-state index >= 15 is 0 Å². The van der Waals surface area contributed by atoms with Crippen molar-refractivity contribution in [3.05, 3.63) is 105 Å². The molecule has 0 unspecified atom stereocenters. The van der Waals surface area contributed by atoms with Gasteiger partial charge < -0.3 is 14.8 Å². The molecule has 0 aliphatic carbocycles. The summed E-state index contributed by atoms with van der Waals surface area (Å²) in [4.78, 5) is 30.7. The number of aromatic nitrogens is 3. The summed E-state index contributed by atoms with van der Waals surface area (Å²) >= 11 is 0. The third-order valence-corrected chi connectivity index (χ3v) is 5.58. The molecule has 0 spiro atoms. The number of benzene rings is 3. The number of nitriles is 1. The predicted molar refractivity (Wildman–Crippen MR) is 130 cm³/mol. The van der Waals surface area contributed by atoms with Crippen molar-refractivity contribution in [1.29, 1.82) is 5.26 Å². The SMILES string of the molecule is N#Cc1ccc2cc3c(=O)[nH]c(=O)nc-3n(-c3ccc(OCc4cccc(B(O)O)c4)cc3)c2c1. The highest BCUT2D eigenvalue weighted by Gasteiger charge is 2.18. The molecular formula is C25H17BN4O5. The number of aromatic amines is 1. The van der Waals surface area contributed by atoms with E-state index in [0.29, 0.717) is 33.4 Å². The maximum absolute atomic E-state index is 12.5. The minimum Gasteiger partial charge on any atom is -0.489 e. The Morgan fingerprint density at radius 2 is 1.83 bits per heavy atom. The summed E-state index contributed by atoms with van der Waals surface area (Å²) in [6, 6.07) is 22.6. The van der Waals surface area contributed by atoms with Crippen molar-refractivity contribution < 1.29 is 14.8 Å². The van der Waals surface area contributed by atoms with Gasteiger partial charge in [0.1, 0.15) is 12.4 Å². The Hall–Kier alpha value is -4.72. The Morgan fingerprint density at radius 3 is 2.57 bits per heavy atom. The maximum Gasteiger partial charge on any atom is 0.488 e. The zero-order chi connectivity index (χ0) is 24.5. The summed E-state index contributed by atoms with van der Waals surface area (Å²) in [5.74, 6) is 0.733. The van der Waals surface area contributed by atoms with Gasteiger partial charge in [0.2, 0.25) is 0 Å². The Bertz CT molecular complexity index is 1690. The average molecular weight is 464 g/mol. The zero-order valence-electron chi connectivity index (χ0n) is 18.2. The highest BCUT2D eigenvalue weighted by molar-refractivity contribution is 6.58. The normalized spacial score (nSPS) is 10.9. The number of pyridine rings is 1. The number of hydrogen-bond acceptors (Lipinski definition) is 7. The van der Waals surface area contributed by atoms with Crippen molar-refractivity contribution in [3.63, 3.8) is 0 Å². The Labute approximate surface area is 198 Å². The van der Waals surface area contributed by atoms with E-state index in [-0.39, 0.29) is 18.0 Å². The smallest absolute Gasteiger partial charge is 0.488 e. The number of hydrogen-bond donors (Lipinski definition) is 3. The van der Waals surface area contributed by atoms with Crippen molar-refractivity contribution in [2.24, 2.45) is 0 Å². The molecule has 3 aromatic carbocycles. The molecule has 3 aromatic rings. The van der Waals surface area contributed by atoms with E-state index in [1.165, 1.54) is 0 Å². The Kier molecular flexibility index (Phi) is 5.62. The van der Waals surface area contributed by atoms with Crippen molar-refractivity contribution in [3.8, 4) is 28.9 Å². The van der Waals surface area contributed by atoms with Crippen LogP contribution in [0.15, 0.2) is 82.4 Å². The van der Waals surface area contributed by atoms with E-state index in [1.807, 2.05) is 6.07 Å². The molecule has 170 valence electrons. The van der Waals surface area contributed by atoms with Crippen LogP contribution in [0.5, 0.6) is 5.75 Å². The molecular weight excluding hydrogens is 447 g/mol. The summed E-state index contributed by atoms with van der Waals surface area (Å²) in [6.45, 7) is 0.215. The number of fused-ring (bicyclic) bond motifs is 2. The Morgan fingerprint density at radius 1 is 1.03 bits per heavy atom. The van der Waals surface area contributed by atoms with Gasteiger partial charge in [-0.05, 0) is 58.9 Å². The highest BCUT2D eigenvalue weighted by atomic mass is 16.5. The predicted octanol–water partition coefficient (Wildman–Crippen LogP) is 1.31. The monoisotopic (exact) mass is 464 g/mol. The molecule has 2 aliphatic heterocycles. The van der Waals surface area contributed by atoms with Gasteiger partial charge in [-0.2, -0.15) is 10.2 Å². The first-order chi connectivity index (χ1) is 16.9. The van der Waals surface area contributed by atoms with Crippen LogP contribution in [0, 0.1) is 11.3 Å². The summed E-state index contributed by atoms with van der Waals surface area (Å²) in [5.41, 5.74) is 1.73. The van der Waals surface area contributed by atoms with E-state index in [4.69, 9.17) is 4.74 Å². The second-order valence-corrected chi connectivity index (χ2v) is 7.87. The van der Waals surface area contributed by atoms with Gasteiger partial charge in [0.15, 0.2) is 5.82 Å². The Balaban J connectivity index is 1.55. The van der Waals surface area contributed by atoms with Crippen molar-refractivity contribution in [2.45, 2.75) is 6.61 Å². The van der Waals surface area contributed by atoms with Crippen LogP contribution in [0.4, 0.5) is 0 Å². The molecule has 0 fully saturated rings. The van der Waals surface area contributed by atoms with E-state index in [0.717, 1.165) is 5.56 Å². The lowest BCUT2D eigenvalue weighted by Gasteiger charge is -2.18. The molecule has 2 aliphatic rings. The standard InChI is InChI=1S/C25H17BN4O5/c27-13-15-4-5-17-12-21-23(28-25(32)29-24(21)31)30(22(17)11-15)19-6-8-20(9-7-19)35-14-16-2-1-3-18(10-16)26(33)34/h1-12,33-34H,14H2,(H,29,31,32). The van der Waals surface area contributed by atoms with Crippen molar-refractivity contribution in [2.75, 3.05) is 0 Å². The van der Waals surface area contributed by atoms with Crippen molar-refractivity contribution in [1.82, 2.24) is 14.5 Å².